The molecule has 0 saturated carbocycles. The van der Waals surface area contributed by atoms with Gasteiger partial charge in [0, 0.05) is 23.2 Å². The molecule has 0 saturated heterocycles. The molecule has 1 unspecified atom stereocenters. The molecule has 2 aromatic carbocycles. The van der Waals surface area contributed by atoms with Crippen LogP contribution in [-0.2, 0) is 13.0 Å². The Balaban J connectivity index is 1.92. The van der Waals surface area contributed by atoms with Crippen LogP contribution in [0.2, 0.25) is 10.0 Å². The maximum Gasteiger partial charge on any atom is 0.146 e. The molecular formula is C16H16Cl2FN. The number of benzene rings is 2. The molecule has 106 valence electrons. The Hall–Kier alpha value is -1.09. The SMILES string of the molecule is CC(Cc1cccc(Cl)c1)NCc1cccc(Cl)c1F. The number of rotatable bonds is 5. The van der Waals surface area contributed by atoms with E-state index in [0.717, 1.165) is 17.0 Å². The molecule has 0 aliphatic heterocycles. The van der Waals surface area contributed by atoms with Crippen molar-refractivity contribution in [2.45, 2.75) is 25.9 Å². The zero-order valence-corrected chi connectivity index (χ0v) is 12.7. The highest BCUT2D eigenvalue weighted by Gasteiger charge is 2.08. The first kappa shape index (κ1) is 15.3. The van der Waals surface area contributed by atoms with Crippen LogP contribution in [0.1, 0.15) is 18.1 Å². The summed E-state index contributed by atoms with van der Waals surface area (Å²) in [6, 6.07) is 13.0. The van der Waals surface area contributed by atoms with E-state index < -0.39 is 0 Å². The molecule has 2 rings (SSSR count). The molecule has 0 aliphatic carbocycles. The zero-order chi connectivity index (χ0) is 14.5. The van der Waals surface area contributed by atoms with E-state index in [0.29, 0.717) is 12.1 Å². The van der Waals surface area contributed by atoms with Gasteiger partial charge in [-0.1, -0.05) is 47.5 Å². The van der Waals surface area contributed by atoms with Crippen LogP contribution in [0.15, 0.2) is 42.5 Å². The maximum absolute atomic E-state index is 13.7. The predicted molar refractivity (Wildman–Crippen MR) is 82.9 cm³/mol. The fourth-order valence-corrected chi connectivity index (χ4v) is 2.47. The molecule has 0 heterocycles. The topological polar surface area (TPSA) is 12.0 Å². The number of hydrogen-bond acceptors (Lipinski definition) is 1. The van der Waals surface area contributed by atoms with Crippen molar-refractivity contribution in [2.75, 3.05) is 0 Å². The van der Waals surface area contributed by atoms with E-state index in [9.17, 15) is 4.39 Å². The molecule has 1 nitrogen and oxygen atoms in total. The van der Waals surface area contributed by atoms with Crippen molar-refractivity contribution in [1.29, 1.82) is 0 Å². The van der Waals surface area contributed by atoms with Gasteiger partial charge in [-0.25, -0.2) is 4.39 Å². The van der Waals surface area contributed by atoms with Gasteiger partial charge in [0.1, 0.15) is 5.82 Å². The Bertz CT molecular complexity index is 586. The van der Waals surface area contributed by atoms with Gasteiger partial charge < -0.3 is 5.32 Å². The average Bonchev–Trinajstić information content (AvgIpc) is 2.40. The average molecular weight is 312 g/mol. The molecule has 1 atom stereocenters. The second-order valence-electron chi connectivity index (χ2n) is 4.83. The van der Waals surface area contributed by atoms with Crippen LogP contribution in [0.3, 0.4) is 0 Å². The van der Waals surface area contributed by atoms with E-state index in [2.05, 4.69) is 12.2 Å². The van der Waals surface area contributed by atoms with Gasteiger partial charge in [-0.05, 0) is 37.1 Å². The third-order valence-electron chi connectivity index (χ3n) is 3.10. The first-order chi connectivity index (χ1) is 9.56. The molecule has 0 fully saturated rings. The van der Waals surface area contributed by atoms with E-state index in [1.165, 1.54) is 0 Å². The highest BCUT2D eigenvalue weighted by atomic mass is 35.5. The van der Waals surface area contributed by atoms with Crippen molar-refractivity contribution in [3.63, 3.8) is 0 Å². The molecule has 0 aliphatic rings. The predicted octanol–water partition coefficient (Wildman–Crippen LogP) is 4.85. The van der Waals surface area contributed by atoms with Gasteiger partial charge in [0.05, 0.1) is 5.02 Å². The normalized spacial score (nSPS) is 12.4. The monoisotopic (exact) mass is 311 g/mol. The minimum atomic E-state index is -0.350. The highest BCUT2D eigenvalue weighted by molar-refractivity contribution is 6.31. The lowest BCUT2D eigenvalue weighted by Gasteiger charge is -2.14. The summed E-state index contributed by atoms with van der Waals surface area (Å²) in [7, 11) is 0. The van der Waals surface area contributed by atoms with Gasteiger partial charge in [0.2, 0.25) is 0 Å². The Labute approximate surface area is 128 Å². The van der Waals surface area contributed by atoms with Gasteiger partial charge in [-0.3, -0.25) is 0 Å². The molecule has 1 N–H and O–H groups in total. The fraction of sp³-hybridized carbons (Fsp3) is 0.250. The first-order valence-corrected chi connectivity index (χ1v) is 7.22. The lowest BCUT2D eigenvalue weighted by atomic mass is 10.1. The molecule has 0 bridgehead atoms. The van der Waals surface area contributed by atoms with E-state index in [1.54, 1.807) is 18.2 Å². The van der Waals surface area contributed by atoms with E-state index in [-0.39, 0.29) is 16.9 Å². The number of halogens is 3. The van der Waals surface area contributed by atoms with Gasteiger partial charge in [0.15, 0.2) is 0 Å². The summed E-state index contributed by atoms with van der Waals surface area (Å²) in [4.78, 5) is 0. The van der Waals surface area contributed by atoms with Crippen LogP contribution in [0, 0.1) is 5.82 Å². The standard InChI is InChI=1S/C16H16Cl2FN/c1-11(8-12-4-2-6-14(17)9-12)20-10-13-5-3-7-15(18)16(13)19/h2-7,9,11,20H,8,10H2,1H3. The van der Waals surface area contributed by atoms with E-state index in [1.807, 2.05) is 24.3 Å². The largest absolute Gasteiger partial charge is 0.310 e. The third kappa shape index (κ3) is 4.20. The number of nitrogens with one attached hydrogen (secondary N) is 1. The minimum absolute atomic E-state index is 0.159. The molecular weight excluding hydrogens is 296 g/mol. The zero-order valence-electron chi connectivity index (χ0n) is 11.2. The lowest BCUT2D eigenvalue weighted by Crippen LogP contribution is -2.27. The summed E-state index contributed by atoms with van der Waals surface area (Å²) in [6.07, 6.45) is 0.836. The molecule has 0 amide bonds. The van der Waals surface area contributed by atoms with Crippen LogP contribution >= 0.6 is 23.2 Å². The van der Waals surface area contributed by atoms with Crippen LogP contribution in [0.5, 0.6) is 0 Å². The van der Waals surface area contributed by atoms with Crippen molar-refractivity contribution >= 4 is 23.2 Å². The third-order valence-corrected chi connectivity index (χ3v) is 3.63. The van der Waals surface area contributed by atoms with Gasteiger partial charge >= 0.3 is 0 Å². The van der Waals surface area contributed by atoms with Gasteiger partial charge in [-0.15, -0.1) is 0 Å². The Morgan fingerprint density at radius 3 is 2.65 bits per heavy atom. The summed E-state index contributed by atoms with van der Waals surface area (Å²) >= 11 is 11.7. The maximum atomic E-state index is 13.7. The summed E-state index contributed by atoms with van der Waals surface area (Å²) in [6.45, 7) is 2.51. The van der Waals surface area contributed by atoms with Crippen molar-refractivity contribution in [2.24, 2.45) is 0 Å². The highest BCUT2D eigenvalue weighted by Crippen LogP contribution is 2.18. The summed E-state index contributed by atoms with van der Waals surface area (Å²) < 4.78 is 13.7. The molecule has 0 radical (unpaired) electrons. The second-order valence-corrected chi connectivity index (χ2v) is 5.67. The quantitative estimate of drug-likeness (QED) is 0.832. The lowest BCUT2D eigenvalue weighted by molar-refractivity contribution is 0.525. The summed E-state index contributed by atoms with van der Waals surface area (Å²) in [5, 5.41) is 4.18. The van der Waals surface area contributed by atoms with Crippen LogP contribution in [0.4, 0.5) is 4.39 Å². The van der Waals surface area contributed by atoms with Gasteiger partial charge in [0.25, 0.3) is 0 Å². The smallest absolute Gasteiger partial charge is 0.146 e. The minimum Gasteiger partial charge on any atom is -0.310 e. The van der Waals surface area contributed by atoms with Gasteiger partial charge in [-0.2, -0.15) is 0 Å². The van der Waals surface area contributed by atoms with Crippen LogP contribution < -0.4 is 5.32 Å². The first-order valence-electron chi connectivity index (χ1n) is 6.47. The molecule has 0 spiro atoms. The second kappa shape index (κ2) is 7.07. The molecule has 2 aromatic rings. The van der Waals surface area contributed by atoms with Crippen molar-refractivity contribution in [3.05, 3.63) is 69.5 Å². The van der Waals surface area contributed by atoms with Crippen molar-refractivity contribution < 1.29 is 4.39 Å². The Morgan fingerprint density at radius 1 is 1.15 bits per heavy atom. The Kier molecular flexibility index (Phi) is 5.41. The molecule has 4 heteroatoms. The van der Waals surface area contributed by atoms with Crippen LogP contribution in [0.25, 0.3) is 0 Å². The van der Waals surface area contributed by atoms with Crippen molar-refractivity contribution in [3.8, 4) is 0 Å². The van der Waals surface area contributed by atoms with Crippen molar-refractivity contribution in [1.82, 2.24) is 5.32 Å². The number of hydrogen-bond donors (Lipinski definition) is 1. The van der Waals surface area contributed by atoms with Crippen LogP contribution in [-0.4, -0.2) is 6.04 Å². The Morgan fingerprint density at radius 2 is 1.90 bits per heavy atom. The molecule has 20 heavy (non-hydrogen) atoms. The summed E-state index contributed by atoms with van der Waals surface area (Å²) in [5.74, 6) is -0.350. The van der Waals surface area contributed by atoms with E-state index >= 15 is 0 Å². The summed E-state index contributed by atoms with van der Waals surface area (Å²) in [5.41, 5.74) is 1.74. The van der Waals surface area contributed by atoms with E-state index in [4.69, 9.17) is 23.2 Å². The fourth-order valence-electron chi connectivity index (χ4n) is 2.06. The molecule has 0 aromatic heterocycles.